The molecule has 0 aliphatic rings. The van der Waals surface area contributed by atoms with Gasteiger partial charge in [0.15, 0.2) is 0 Å². The molecule has 2 rings (SSSR count). The minimum atomic E-state index is 0.360. The third-order valence-electron chi connectivity index (χ3n) is 3.44. The largest absolute Gasteiger partial charge is 0.313 e. The van der Waals surface area contributed by atoms with Gasteiger partial charge < -0.3 is 5.32 Å². The van der Waals surface area contributed by atoms with Crippen molar-refractivity contribution in [1.29, 1.82) is 0 Å². The first-order valence-electron chi connectivity index (χ1n) is 6.61. The molecule has 1 aromatic carbocycles. The second kappa shape index (κ2) is 6.66. The zero-order valence-electron chi connectivity index (χ0n) is 12.3. The lowest BCUT2D eigenvalue weighted by Crippen LogP contribution is -2.11. The van der Waals surface area contributed by atoms with Crippen molar-refractivity contribution in [3.8, 4) is 0 Å². The minimum absolute atomic E-state index is 0.360. The molecule has 1 aromatic heterocycles. The molecule has 20 heavy (non-hydrogen) atoms. The Morgan fingerprint density at radius 1 is 1.45 bits per heavy atom. The van der Waals surface area contributed by atoms with Crippen LogP contribution in [0.5, 0.6) is 0 Å². The van der Waals surface area contributed by atoms with Crippen LogP contribution in [0.1, 0.15) is 29.8 Å². The van der Waals surface area contributed by atoms with Gasteiger partial charge in [0.1, 0.15) is 5.15 Å². The number of hydrogen-bond acceptors (Lipinski definition) is 3. The van der Waals surface area contributed by atoms with Crippen LogP contribution in [-0.4, -0.2) is 16.8 Å². The second-order valence-corrected chi connectivity index (χ2v) is 6.26. The van der Waals surface area contributed by atoms with Crippen molar-refractivity contribution in [2.24, 2.45) is 7.05 Å². The number of benzene rings is 1. The van der Waals surface area contributed by atoms with Gasteiger partial charge >= 0.3 is 0 Å². The number of nitrogens with one attached hydrogen (secondary N) is 1. The summed E-state index contributed by atoms with van der Waals surface area (Å²) in [6, 6.07) is 8.97. The Labute approximate surface area is 129 Å². The van der Waals surface area contributed by atoms with E-state index in [9.17, 15) is 0 Å². The molecule has 1 heterocycles. The van der Waals surface area contributed by atoms with Crippen molar-refractivity contribution in [2.45, 2.75) is 30.5 Å². The van der Waals surface area contributed by atoms with Crippen molar-refractivity contribution in [1.82, 2.24) is 15.1 Å². The van der Waals surface area contributed by atoms with Gasteiger partial charge in [-0.2, -0.15) is 5.10 Å². The van der Waals surface area contributed by atoms with E-state index in [1.165, 1.54) is 10.5 Å². The fraction of sp³-hybridized carbons (Fsp3) is 0.400. The van der Waals surface area contributed by atoms with Gasteiger partial charge in [0.2, 0.25) is 0 Å². The van der Waals surface area contributed by atoms with E-state index in [1.807, 2.05) is 21.0 Å². The molecule has 2 aromatic rings. The first kappa shape index (κ1) is 15.4. The van der Waals surface area contributed by atoms with Gasteiger partial charge in [0.25, 0.3) is 0 Å². The summed E-state index contributed by atoms with van der Waals surface area (Å²) in [7, 11) is 3.85. The minimum Gasteiger partial charge on any atom is -0.313 e. The Morgan fingerprint density at radius 3 is 2.80 bits per heavy atom. The first-order chi connectivity index (χ1) is 9.52. The fourth-order valence-corrected chi connectivity index (χ4v) is 3.41. The Bertz CT molecular complexity index is 595. The smallest absolute Gasteiger partial charge is 0.131 e. The Morgan fingerprint density at radius 2 is 2.20 bits per heavy atom. The molecule has 1 atom stereocenters. The van der Waals surface area contributed by atoms with Crippen molar-refractivity contribution >= 4 is 23.4 Å². The van der Waals surface area contributed by atoms with Crippen molar-refractivity contribution < 1.29 is 0 Å². The lowest BCUT2D eigenvalue weighted by Gasteiger charge is -2.11. The third-order valence-corrected chi connectivity index (χ3v) is 4.94. The lowest BCUT2D eigenvalue weighted by atomic mass is 10.1. The van der Waals surface area contributed by atoms with E-state index in [4.69, 9.17) is 11.6 Å². The molecule has 3 nitrogen and oxygen atoms in total. The summed E-state index contributed by atoms with van der Waals surface area (Å²) in [5, 5.41) is 8.33. The maximum Gasteiger partial charge on any atom is 0.131 e. The summed E-state index contributed by atoms with van der Waals surface area (Å²) in [4.78, 5) is 1.25. The molecule has 108 valence electrons. The summed E-state index contributed by atoms with van der Waals surface area (Å²) in [5.74, 6) is 0.843. The molecule has 1 unspecified atom stereocenters. The molecular weight excluding hydrogens is 290 g/mol. The van der Waals surface area contributed by atoms with Crippen molar-refractivity contribution in [2.75, 3.05) is 7.05 Å². The molecular formula is C15H20ClN3S. The molecule has 0 amide bonds. The van der Waals surface area contributed by atoms with Crippen molar-refractivity contribution in [3.05, 3.63) is 46.2 Å². The summed E-state index contributed by atoms with van der Waals surface area (Å²) in [6.07, 6.45) is 0. The monoisotopic (exact) mass is 309 g/mol. The van der Waals surface area contributed by atoms with Gasteiger partial charge in [0, 0.05) is 29.3 Å². The molecule has 0 spiro atoms. The van der Waals surface area contributed by atoms with Gasteiger partial charge in [0.05, 0.1) is 5.69 Å². The number of hydrogen-bond donors (Lipinski definition) is 1. The van der Waals surface area contributed by atoms with Crippen LogP contribution in [0.25, 0.3) is 0 Å². The highest BCUT2D eigenvalue weighted by molar-refractivity contribution is 7.98. The summed E-state index contributed by atoms with van der Waals surface area (Å²) in [6.45, 7) is 4.16. The van der Waals surface area contributed by atoms with Gasteiger partial charge in [-0.3, -0.25) is 4.68 Å². The molecule has 1 N–H and O–H groups in total. The highest BCUT2D eigenvalue weighted by Crippen LogP contribution is 2.29. The van der Waals surface area contributed by atoms with E-state index in [1.54, 1.807) is 16.4 Å². The summed E-state index contributed by atoms with van der Waals surface area (Å²) < 4.78 is 1.73. The van der Waals surface area contributed by atoms with E-state index in [-0.39, 0.29) is 0 Å². The fourth-order valence-electron chi connectivity index (χ4n) is 2.03. The average molecular weight is 310 g/mol. The Kier molecular flexibility index (Phi) is 5.13. The van der Waals surface area contributed by atoms with Gasteiger partial charge in [-0.05, 0) is 38.6 Å². The third kappa shape index (κ3) is 3.37. The van der Waals surface area contributed by atoms with Crippen LogP contribution in [0.4, 0.5) is 0 Å². The highest BCUT2D eigenvalue weighted by atomic mass is 35.5. The normalized spacial score (nSPS) is 12.7. The Hall–Kier alpha value is -0.970. The summed E-state index contributed by atoms with van der Waals surface area (Å²) in [5.41, 5.74) is 3.42. The van der Waals surface area contributed by atoms with Crippen LogP contribution in [0, 0.1) is 6.92 Å². The van der Waals surface area contributed by atoms with Gasteiger partial charge in [-0.15, -0.1) is 11.8 Å². The van der Waals surface area contributed by atoms with Crippen LogP contribution < -0.4 is 5.32 Å². The zero-order valence-corrected chi connectivity index (χ0v) is 13.8. The second-order valence-electron chi connectivity index (χ2n) is 4.85. The van der Waals surface area contributed by atoms with Crippen LogP contribution in [0.3, 0.4) is 0 Å². The van der Waals surface area contributed by atoms with Crippen LogP contribution in [0.15, 0.2) is 29.2 Å². The topological polar surface area (TPSA) is 29.9 Å². The zero-order chi connectivity index (χ0) is 14.7. The number of nitrogens with zero attached hydrogens (tertiary/aromatic N) is 2. The molecule has 0 aliphatic heterocycles. The maximum atomic E-state index is 6.26. The number of halogens is 1. The molecule has 0 aliphatic carbocycles. The van der Waals surface area contributed by atoms with E-state index in [2.05, 4.69) is 41.6 Å². The van der Waals surface area contributed by atoms with Crippen LogP contribution in [0.2, 0.25) is 5.15 Å². The predicted octanol–water partition coefficient (Wildman–Crippen LogP) is 3.95. The van der Waals surface area contributed by atoms with E-state index in [0.717, 1.165) is 22.2 Å². The summed E-state index contributed by atoms with van der Waals surface area (Å²) >= 11 is 8.05. The van der Waals surface area contributed by atoms with E-state index < -0.39 is 0 Å². The number of rotatable bonds is 5. The first-order valence-corrected chi connectivity index (χ1v) is 7.97. The predicted molar refractivity (Wildman–Crippen MR) is 86.4 cm³/mol. The number of aryl methyl sites for hydroxylation is 2. The molecule has 0 radical (unpaired) electrons. The quantitative estimate of drug-likeness (QED) is 0.848. The van der Waals surface area contributed by atoms with Crippen LogP contribution in [-0.2, 0) is 12.8 Å². The Balaban J connectivity index is 2.11. The molecule has 0 bridgehead atoms. The molecule has 0 saturated heterocycles. The van der Waals surface area contributed by atoms with Gasteiger partial charge in [-0.1, -0.05) is 23.7 Å². The van der Waals surface area contributed by atoms with Crippen molar-refractivity contribution in [3.63, 3.8) is 0 Å². The number of aromatic nitrogens is 2. The number of thioether (sulfide) groups is 1. The highest BCUT2D eigenvalue weighted by Gasteiger charge is 2.11. The van der Waals surface area contributed by atoms with Crippen LogP contribution >= 0.6 is 23.4 Å². The van der Waals surface area contributed by atoms with Gasteiger partial charge in [-0.25, -0.2) is 0 Å². The molecule has 5 heteroatoms. The van der Waals surface area contributed by atoms with E-state index >= 15 is 0 Å². The lowest BCUT2D eigenvalue weighted by molar-refractivity contribution is 0.651. The average Bonchev–Trinajstić information content (AvgIpc) is 2.69. The SMILES string of the molecule is CNC(C)c1cccc(SCc2c(C)nn(C)c2Cl)c1. The standard InChI is InChI=1S/C15H20ClN3S/c1-10(17-3)12-6-5-7-13(8-12)20-9-14-11(2)18-19(4)15(14)16/h5-8,10,17H,9H2,1-4H3. The molecule has 0 saturated carbocycles. The van der Waals surface area contributed by atoms with E-state index in [0.29, 0.717) is 6.04 Å². The maximum absolute atomic E-state index is 6.26. The molecule has 0 fully saturated rings.